The fourth-order valence-corrected chi connectivity index (χ4v) is 5.19. The van der Waals surface area contributed by atoms with Crippen molar-refractivity contribution in [1.82, 2.24) is 10.2 Å². The molecular weight excluding hydrogens is 528 g/mol. The number of para-hydroxylation sites is 1. The van der Waals surface area contributed by atoms with Crippen LogP contribution in [-0.2, 0) is 11.2 Å². The van der Waals surface area contributed by atoms with Gasteiger partial charge in [0.2, 0.25) is 5.91 Å². The minimum atomic E-state index is 0.0402. The number of nitrogens with one attached hydrogen (secondary N) is 1. The maximum Gasteiger partial charge on any atom is 0.220 e. The van der Waals surface area contributed by atoms with Crippen molar-refractivity contribution in [3.8, 4) is 17.2 Å². The molecule has 3 aromatic carbocycles. The van der Waals surface area contributed by atoms with Crippen LogP contribution in [0.3, 0.4) is 0 Å². The third kappa shape index (κ3) is 10.9. The average molecular weight is 573 g/mol. The Hall–Kier alpha value is -3.84. The molecule has 1 aliphatic heterocycles. The maximum atomic E-state index is 12.9. The van der Waals surface area contributed by atoms with Crippen LogP contribution in [0.4, 0.5) is 0 Å². The number of hydrogen-bond donors (Lipinski definition) is 1. The second-order valence-electron chi connectivity index (χ2n) is 10.8. The number of carbonyl (C=O) groups excluding carboxylic acids is 2. The maximum absolute atomic E-state index is 12.9. The van der Waals surface area contributed by atoms with Crippen LogP contribution in [0.1, 0.15) is 60.9 Å². The van der Waals surface area contributed by atoms with E-state index in [1.807, 2.05) is 42.5 Å². The van der Waals surface area contributed by atoms with Gasteiger partial charge in [0.15, 0.2) is 5.78 Å². The summed E-state index contributed by atoms with van der Waals surface area (Å²) in [5, 5.41) is 3.28. The molecule has 1 aliphatic rings. The van der Waals surface area contributed by atoms with Gasteiger partial charge in [0, 0.05) is 37.4 Å². The van der Waals surface area contributed by atoms with Gasteiger partial charge in [0.1, 0.15) is 17.2 Å². The number of methoxy groups -OCH3 is 1. The predicted octanol–water partition coefficient (Wildman–Crippen LogP) is 6.11. The van der Waals surface area contributed by atoms with Gasteiger partial charge >= 0.3 is 0 Å². The van der Waals surface area contributed by atoms with Crippen molar-refractivity contribution in [2.75, 3.05) is 40.0 Å². The summed E-state index contributed by atoms with van der Waals surface area (Å²) >= 11 is 0. The lowest BCUT2D eigenvalue weighted by Crippen LogP contribution is -2.44. The van der Waals surface area contributed by atoms with E-state index in [1.54, 1.807) is 31.4 Å². The van der Waals surface area contributed by atoms with Gasteiger partial charge in [-0.1, -0.05) is 30.3 Å². The van der Waals surface area contributed by atoms with Gasteiger partial charge in [-0.3, -0.25) is 9.59 Å². The number of carbonyl (C=O) groups is 2. The molecular formula is C35H44N2O5. The van der Waals surface area contributed by atoms with Crippen molar-refractivity contribution in [2.24, 2.45) is 0 Å². The van der Waals surface area contributed by atoms with Gasteiger partial charge in [-0.2, -0.15) is 0 Å². The van der Waals surface area contributed by atoms with Crippen molar-refractivity contribution in [1.29, 1.82) is 0 Å². The van der Waals surface area contributed by atoms with Gasteiger partial charge in [-0.25, -0.2) is 0 Å². The summed E-state index contributed by atoms with van der Waals surface area (Å²) in [6.45, 7) is 4.22. The van der Waals surface area contributed by atoms with Crippen LogP contribution in [-0.4, -0.2) is 62.6 Å². The first-order valence-corrected chi connectivity index (χ1v) is 15.2. The summed E-state index contributed by atoms with van der Waals surface area (Å²) in [6, 6.07) is 25.2. The quantitative estimate of drug-likeness (QED) is 0.146. The molecule has 42 heavy (non-hydrogen) atoms. The first-order valence-electron chi connectivity index (χ1n) is 15.2. The molecule has 0 unspecified atom stereocenters. The summed E-state index contributed by atoms with van der Waals surface area (Å²) in [7, 11) is 1.61. The number of likely N-dealkylation sites (tertiary alicyclic amines) is 1. The summed E-state index contributed by atoms with van der Waals surface area (Å²) in [4.78, 5) is 27.8. The fourth-order valence-electron chi connectivity index (χ4n) is 5.19. The van der Waals surface area contributed by atoms with Gasteiger partial charge in [-0.05, 0) is 99.3 Å². The van der Waals surface area contributed by atoms with Crippen LogP contribution >= 0.6 is 0 Å². The Bertz CT molecular complexity index is 1210. The molecule has 0 aromatic heterocycles. The average Bonchev–Trinajstić information content (AvgIpc) is 3.53. The van der Waals surface area contributed by atoms with Crippen LogP contribution < -0.4 is 19.5 Å². The molecule has 0 bridgehead atoms. The van der Waals surface area contributed by atoms with Crippen molar-refractivity contribution >= 4 is 11.7 Å². The minimum Gasteiger partial charge on any atom is -0.497 e. The Kier molecular flexibility index (Phi) is 12.7. The predicted molar refractivity (Wildman–Crippen MR) is 166 cm³/mol. The normalized spacial score (nSPS) is 13.8. The molecule has 1 atom stereocenters. The molecule has 1 heterocycles. The van der Waals surface area contributed by atoms with E-state index in [4.69, 9.17) is 14.2 Å². The third-order valence-corrected chi connectivity index (χ3v) is 7.49. The highest BCUT2D eigenvalue weighted by atomic mass is 16.5. The SMILES string of the molecule is COc1ccc(C(=O)CCCCC(=O)N[C@@H](Cc2ccc(OCCCOc3ccccc3)cc2)CN2CCCC2)cc1. The molecule has 7 nitrogen and oxygen atoms in total. The number of ether oxygens (including phenoxy) is 3. The monoisotopic (exact) mass is 572 g/mol. The van der Waals surface area contributed by atoms with Crippen LogP contribution in [0.2, 0.25) is 0 Å². The molecule has 0 radical (unpaired) electrons. The molecule has 224 valence electrons. The van der Waals surface area contributed by atoms with E-state index in [2.05, 4.69) is 22.3 Å². The number of rotatable bonds is 18. The Morgan fingerprint density at radius 2 is 1.38 bits per heavy atom. The van der Waals surface area contributed by atoms with E-state index < -0.39 is 0 Å². The van der Waals surface area contributed by atoms with Crippen molar-refractivity contribution in [3.05, 3.63) is 90.0 Å². The topological polar surface area (TPSA) is 77.1 Å². The first-order chi connectivity index (χ1) is 20.6. The molecule has 1 fully saturated rings. The molecule has 0 saturated carbocycles. The standard InChI is InChI=1S/C35H44N2O5/c1-40-31-20-16-29(17-21-31)34(38)12-5-6-13-35(39)36-30(27-37-22-7-8-23-37)26-28-14-18-33(19-15-28)42-25-9-24-41-32-10-3-2-4-11-32/h2-4,10-11,14-21,30H,5-9,12-13,22-27H2,1H3,(H,36,39)/t30-/m0/s1. The molecule has 3 aromatic rings. The van der Waals surface area contributed by atoms with Crippen molar-refractivity contribution in [2.45, 2.75) is 57.4 Å². The largest absolute Gasteiger partial charge is 0.497 e. The highest BCUT2D eigenvalue weighted by molar-refractivity contribution is 5.96. The van der Waals surface area contributed by atoms with E-state index in [-0.39, 0.29) is 17.7 Å². The lowest BCUT2D eigenvalue weighted by molar-refractivity contribution is -0.122. The summed E-state index contributed by atoms with van der Waals surface area (Å²) in [5.41, 5.74) is 1.85. The van der Waals surface area contributed by atoms with Crippen LogP contribution in [0.15, 0.2) is 78.9 Å². The number of Topliss-reactive ketones (excluding diaryl/α,β-unsaturated/α-hetero) is 1. The van der Waals surface area contributed by atoms with Crippen molar-refractivity contribution in [3.63, 3.8) is 0 Å². The summed E-state index contributed by atoms with van der Waals surface area (Å²) in [5.74, 6) is 2.59. The number of nitrogens with zero attached hydrogens (tertiary/aromatic N) is 1. The number of ketones is 1. The number of unbranched alkanes of at least 4 members (excludes halogenated alkanes) is 1. The molecule has 7 heteroatoms. The Balaban J connectivity index is 1.18. The Morgan fingerprint density at radius 3 is 2.05 bits per heavy atom. The molecule has 1 N–H and O–H groups in total. The Morgan fingerprint density at radius 1 is 0.762 bits per heavy atom. The second kappa shape index (κ2) is 17.2. The molecule has 4 rings (SSSR count). The zero-order valence-electron chi connectivity index (χ0n) is 24.8. The number of hydrogen-bond acceptors (Lipinski definition) is 6. The van der Waals surface area contributed by atoms with Gasteiger partial charge in [0.25, 0.3) is 0 Å². The zero-order chi connectivity index (χ0) is 29.4. The molecule has 0 aliphatic carbocycles. The van der Waals surface area contributed by atoms with E-state index >= 15 is 0 Å². The fraction of sp³-hybridized carbons (Fsp3) is 0.429. The first kappa shape index (κ1) is 31.1. The van der Waals surface area contributed by atoms with Crippen LogP contribution in [0.25, 0.3) is 0 Å². The van der Waals surface area contributed by atoms with E-state index in [0.717, 1.165) is 49.7 Å². The summed E-state index contributed by atoms with van der Waals surface area (Å²) < 4.78 is 16.8. The zero-order valence-corrected chi connectivity index (χ0v) is 24.8. The van der Waals surface area contributed by atoms with Crippen molar-refractivity contribution < 1.29 is 23.8 Å². The molecule has 0 spiro atoms. The van der Waals surface area contributed by atoms with E-state index in [0.29, 0.717) is 44.5 Å². The second-order valence-corrected chi connectivity index (χ2v) is 10.8. The Labute approximate surface area is 250 Å². The van der Waals surface area contributed by atoms with Gasteiger partial charge < -0.3 is 24.4 Å². The highest BCUT2D eigenvalue weighted by Gasteiger charge is 2.20. The minimum absolute atomic E-state index is 0.0402. The third-order valence-electron chi connectivity index (χ3n) is 7.49. The van der Waals surface area contributed by atoms with E-state index in [1.165, 1.54) is 18.4 Å². The summed E-state index contributed by atoms with van der Waals surface area (Å²) in [6.07, 6.45) is 6.23. The van der Waals surface area contributed by atoms with Crippen LogP contribution in [0, 0.1) is 0 Å². The lowest BCUT2D eigenvalue weighted by Gasteiger charge is -2.25. The molecule has 1 amide bonds. The highest BCUT2D eigenvalue weighted by Crippen LogP contribution is 2.17. The number of benzene rings is 3. The molecule has 1 saturated heterocycles. The van der Waals surface area contributed by atoms with Gasteiger partial charge in [-0.15, -0.1) is 0 Å². The van der Waals surface area contributed by atoms with E-state index in [9.17, 15) is 9.59 Å². The smallest absolute Gasteiger partial charge is 0.220 e. The van der Waals surface area contributed by atoms with Crippen LogP contribution in [0.5, 0.6) is 17.2 Å². The lowest BCUT2D eigenvalue weighted by atomic mass is 10.0. The van der Waals surface area contributed by atoms with Gasteiger partial charge in [0.05, 0.1) is 20.3 Å². The number of amides is 1.